The Morgan fingerprint density at radius 1 is 1.27 bits per heavy atom. The summed E-state index contributed by atoms with van der Waals surface area (Å²) in [6, 6.07) is 0.794. The van der Waals surface area contributed by atoms with Crippen LogP contribution >= 0.6 is 11.8 Å². The average Bonchev–Trinajstić information content (AvgIpc) is 3.41. The summed E-state index contributed by atoms with van der Waals surface area (Å²) in [5.41, 5.74) is 6.08. The number of carbonyl (C=O) groups excluding carboxylic acids is 1. The lowest BCUT2D eigenvalue weighted by atomic mass is 10.1. The number of rotatable bonds is 8. The van der Waals surface area contributed by atoms with Crippen LogP contribution in [0.2, 0.25) is 0 Å². The van der Waals surface area contributed by atoms with Crippen LogP contribution in [-0.4, -0.2) is 70.3 Å². The number of likely N-dealkylation sites (tertiary alicyclic amines) is 1. The molecule has 2 heterocycles. The first-order chi connectivity index (χ1) is 14.6. The van der Waals surface area contributed by atoms with Crippen LogP contribution in [0.15, 0.2) is 10.1 Å². The van der Waals surface area contributed by atoms with E-state index in [4.69, 9.17) is 10.5 Å². The van der Waals surface area contributed by atoms with Gasteiger partial charge in [-0.15, -0.1) is 10.2 Å². The molecule has 1 amide bonds. The van der Waals surface area contributed by atoms with Crippen molar-refractivity contribution in [3.63, 3.8) is 0 Å². The molecule has 1 saturated carbocycles. The highest BCUT2D eigenvalue weighted by molar-refractivity contribution is 7.98. The van der Waals surface area contributed by atoms with Gasteiger partial charge in [0.2, 0.25) is 0 Å². The molecule has 168 valence electrons. The number of nitrogens with zero attached hydrogens (tertiary/aromatic N) is 5. The normalized spacial score (nSPS) is 18.7. The summed E-state index contributed by atoms with van der Waals surface area (Å²) < 4.78 is 7.40. The summed E-state index contributed by atoms with van der Waals surface area (Å²) in [6.45, 7) is 4.25. The Kier molecular flexibility index (Phi) is 8.65. The minimum atomic E-state index is -0.229. The number of piperidine rings is 1. The zero-order valence-electron chi connectivity index (χ0n) is 18.2. The Balaban J connectivity index is 1.41. The first-order valence-corrected chi connectivity index (χ1v) is 12.3. The van der Waals surface area contributed by atoms with E-state index in [1.807, 2.05) is 6.92 Å². The van der Waals surface area contributed by atoms with Gasteiger partial charge in [0, 0.05) is 38.1 Å². The topological polar surface area (TPSA) is 111 Å². The van der Waals surface area contributed by atoms with Gasteiger partial charge < -0.3 is 25.3 Å². The first kappa shape index (κ1) is 22.7. The molecular weight excluding hydrogens is 402 g/mol. The molecule has 0 bridgehead atoms. The summed E-state index contributed by atoms with van der Waals surface area (Å²) in [6.07, 6.45) is 10.3. The lowest BCUT2D eigenvalue weighted by molar-refractivity contribution is 0.0963. The van der Waals surface area contributed by atoms with E-state index in [2.05, 4.69) is 31.3 Å². The Bertz CT molecular complexity index is 710. The van der Waals surface area contributed by atoms with E-state index in [1.54, 1.807) is 16.7 Å². The van der Waals surface area contributed by atoms with Gasteiger partial charge in [-0.2, -0.15) is 0 Å². The van der Waals surface area contributed by atoms with Crippen molar-refractivity contribution in [1.29, 1.82) is 0 Å². The number of hydrogen-bond donors (Lipinski definition) is 2. The number of hydrogen-bond acceptors (Lipinski definition) is 6. The Morgan fingerprint density at radius 2 is 2.00 bits per heavy atom. The number of aryl methyl sites for hydroxylation is 1. The average molecular weight is 438 g/mol. The van der Waals surface area contributed by atoms with Crippen LogP contribution in [-0.2, 0) is 11.2 Å². The summed E-state index contributed by atoms with van der Waals surface area (Å²) in [7, 11) is 0. The van der Waals surface area contributed by atoms with Crippen LogP contribution < -0.4 is 11.1 Å². The fraction of sp³-hybridized carbons (Fsp3) is 0.800. The van der Waals surface area contributed by atoms with E-state index < -0.39 is 0 Å². The number of nitrogens with one attached hydrogen (secondary N) is 1. The van der Waals surface area contributed by atoms with E-state index in [-0.39, 0.29) is 12.1 Å². The second kappa shape index (κ2) is 11.4. The molecule has 3 rings (SSSR count). The van der Waals surface area contributed by atoms with Crippen LogP contribution in [0.5, 0.6) is 0 Å². The van der Waals surface area contributed by atoms with Crippen LogP contribution in [0.25, 0.3) is 0 Å². The van der Waals surface area contributed by atoms with Gasteiger partial charge in [0.15, 0.2) is 11.1 Å². The number of carbonyl (C=O) groups is 1. The van der Waals surface area contributed by atoms with Gasteiger partial charge in [-0.05, 0) is 45.3 Å². The number of ether oxygens (including phenoxy) is 1. The van der Waals surface area contributed by atoms with Crippen molar-refractivity contribution in [1.82, 2.24) is 25.0 Å². The smallest absolute Gasteiger partial charge is 0.409 e. The second-order valence-corrected chi connectivity index (χ2v) is 8.66. The lowest BCUT2D eigenvalue weighted by Crippen LogP contribution is -2.48. The SMILES string of the molecule is CCOC(=O)N1CCC(NC(N)=NCCCc2nnc(SC)n2C2CCCC2)CC1. The number of amides is 1. The molecule has 2 aliphatic rings. The summed E-state index contributed by atoms with van der Waals surface area (Å²) in [5, 5.41) is 13.1. The minimum Gasteiger partial charge on any atom is -0.450 e. The molecule has 9 nitrogen and oxygen atoms in total. The minimum absolute atomic E-state index is 0.229. The molecule has 1 aliphatic carbocycles. The second-order valence-electron chi connectivity index (χ2n) is 7.89. The molecule has 1 saturated heterocycles. The molecule has 1 aromatic heterocycles. The highest BCUT2D eigenvalue weighted by Gasteiger charge is 2.24. The predicted molar refractivity (Wildman–Crippen MR) is 119 cm³/mol. The van der Waals surface area contributed by atoms with E-state index in [0.717, 1.165) is 36.7 Å². The molecule has 1 aliphatic heterocycles. The quantitative estimate of drug-likeness (QED) is 0.278. The van der Waals surface area contributed by atoms with Crippen molar-refractivity contribution in [2.75, 3.05) is 32.5 Å². The third-order valence-electron chi connectivity index (χ3n) is 5.82. The van der Waals surface area contributed by atoms with Crippen LogP contribution in [0, 0.1) is 0 Å². The third kappa shape index (κ3) is 6.02. The van der Waals surface area contributed by atoms with E-state index in [0.29, 0.717) is 38.2 Å². The zero-order chi connectivity index (χ0) is 21.3. The maximum Gasteiger partial charge on any atom is 0.409 e. The number of aliphatic imine (C=N–C) groups is 1. The van der Waals surface area contributed by atoms with Crippen molar-refractivity contribution in [3.05, 3.63) is 5.82 Å². The van der Waals surface area contributed by atoms with Gasteiger partial charge in [-0.25, -0.2) is 4.79 Å². The highest BCUT2D eigenvalue weighted by atomic mass is 32.2. The summed E-state index contributed by atoms with van der Waals surface area (Å²) in [5.74, 6) is 1.55. The van der Waals surface area contributed by atoms with Gasteiger partial charge in [-0.3, -0.25) is 4.99 Å². The fourth-order valence-electron chi connectivity index (χ4n) is 4.26. The van der Waals surface area contributed by atoms with Crippen molar-refractivity contribution >= 4 is 23.8 Å². The molecule has 0 radical (unpaired) electrons. The van der Waals surface area contributed by atoms with Crippen molar-refractivity contribution in [2.45, 2.75) is 75.5 Å². The van der Waals surface area contributed by atoms with E-state index in [9.17, 15) is 4.79 Å². The molecule has 0 aromatic carbocycles. The van der Waals surface area contributed by atoms with Gasteiger partial charge in [0.1, 0.15) is 5.82 Å². The van der Waals surface area contributed by atoms with Crippen LogP contribution in [0.1, 0.15) is 63.7 Å². The van der Waals surface area contributed by atoms with Gasteiger partial charge in [-0.1, -0.05) is 24.6 Å². The van der Waals surface area contributed by atoms with Gasteiger partial charge >= 0.3 is 6.09 Å². The standard InChI is InChI=1S/C20H35N7O2S/c1-3-29-20(28)26-13-10-15(11-14-26)23-18(21)22-12-6-9-17-24-25-19(30-2)27(17)16-7-4-5-8-16/h15-16H,3-14H2,1-2H3,(H3,21,22,23). The fourth-order valence-corrected chi connectivity index (χ4v) is 4.83. The largest absolute Gasteiger partial charge is 0.450 e. The molecule has 1 aromatic rings. The maximum absolute atomic E-state index is 11.8. The lowest BCUT2D eigenvalue weighted by Gasteiger charge is -2.31. The monoisotopic (exact) mass is 437 g/mol. The molecule has 0 unspecified atom stereocenters. The number of aromatic nitrogens is 3. The van der Waals surface area contributed by atoms with Crippen LogP contribution in [0.3, 0.4) is 0 Å². The maximum atomic E-state index is 11.8. The Hall–Kier alpha value is -1.97. The number of nitrogens with two attached hydrogens (primary N) is 1. The third-order valence-corrected chi connectivity index (χ3v) is 6.46. The van der Waals surface area contributed by atoms with Crippen molar-refractivity contribution < 1.29 is 9.53 Å². The van der Waals surface area contributed by atoms with Crippen molar-refractivity contribution in [2.24, 2.45) is 10.7 Å². The van der Waals surface area contributed by atoms with E-state index in [1.165, 1.54) is 25.7 Å². The number of guanidine groups is 1. The Morgan fingerprint density at radius 3 is 2.67 bits per heavy atom. The first-order valence-electron chi connectivity index (χ1n) is 11.1. The summed E-state index contributed by atoms with van der Waals surface area (Å²) in [4.78, 5) is 18.0. The van der Waals surface area contributed by atoms with Crippen LogP contribution in [0.4, 0.5) is 4.79 Å². The molecule has 0 spiro atoms. The molecule has 2 fully saturated rings. The highest BCUT2D eigenvalue weighted by Crippen LogP contribution is 2.33. The Labute approximate surface area is 183 Å². The molecular formula is C20H35N7O2S. The molecule has 3 N–H and O–H groups in total. The molecule has 0 atom stereocenters. The molecule has 30 heavy (non-hydrogen) atoms. The molecule has 10 heteroatoms. The van der Waals surface area contributed by atoms with E-state index >= 15 is 0 Å². The zero-order valence-corrected chi connectivity index (χ0v) is 19.0. The predicted octanol–water partition coefficient (Wildman–Crippen LogP) is 2.57. The van der Waals surface area contributed by atoms with Crippen molar-refractivity contribution in [3.8, 4) is 0 Å². The van der Waals surface area contributed by atoms with Gasteiger partial charge in [0.05, 0.1) is 6.61 Å². The number of thioether (sulfide) groups is 1. The summed E-state index contributed by atoms with van der Waals surface area (Å²) >= 11 is 1.67. The van der Waals surface area contributed by atoms with Gasteiger partial charge in [0.25, 0.3) is 0 Å².